The summed E-state index contributed by atoms with van der Waals surface area (Å²) in [5, 5.41) is 10.1. The molecule has 2 aromatic heterocycles. The van der Waals surface area contributed by atoms with Crippen LogP contribution in [0, 0.1) is 6.92 Å². The third-order valence-electron chi connectivity index (χ3n) is 7.24. The van der Waals surface area contributed by atoms with E-state index in [0.717, 1.165) is 31.3 Å². The Morgan fingerprint density at radius 3 is 2.59 bits per heavy atom. The number of piperidine rings is 1. The number of nitrogens with zero attached hydrogens (tertiary/aromatic N) is 5. The Morgan fingerprint density at radius 2 is 1.72 bits per heavy atom. The zero-order chi connectivity index (χ0) is 21.5. The molecular formula is C26H30N6. The first kappa shape index (κ1) is 19.6. The molecule has 0 bridgehead atoms. The van der Waals surface area contributed by atoms with Gasteiger partial charge in [0.15, 0.2) is 5.82 Å². The van der Waals surface area contributed by atoms with Crippen LogP contribution in [0.2, 0.25) is 0 Å². The van der Waals surface area contributed by atoms with Crippen LogP contribution in [0.4, 0.5) is 5.69 Å². The Balaban J connectivity index is 1.06. The fourth-order valence-electron chi connectivity index (χ4n) is 5.58. The van der Waals surface area contributed by atoms with Gasteiger partial charge in [0.25, 0.3) is 0 Å². The molecule has 1 fully saturated rings. The van der Waals surface area contributed by atoms with Gasteiger partial charge in [0.1, 0.15) is 5.82 Å². The Hall–Kier alpha value is -3.12. The van der Waals surface area contributed by atoms with Crippen LogP contribution in [0.25, 0.3) is 16.6 Å². The molecule has 1 saturated heterocycles. The van der Waals surface area contributed by atoms with Crippen molar-refractivity contribution in [3.63, 3.8) is 0 Å². The first-order chi connectivity index (χ1) is 15.8. The lowest BCUT2D eigenvalue weighted by molar-refractivity contribution is 0.211. The number of anilines is 1. The number of aromatic nitrogens is 4. The second-order valence-corrected chi connectivity index (χ2v) is 9.17. The van der Waals surface area contributed by atoms with Crippen molar-refractivity contribution in [3.8, 4) is 5.69 Å². The molecule has 0 saturated carbocycles. The van der Waals surface area contributed by atoms with Crippen LogP contribution >= 0.6 is 0 Å². The Labute approximate surface area is 188 Å². The predicted octanol–water partition coefficient (Wildman–Crippen LogP) is 4.65. The summed E-state index contributed by atoms with van der Waals surface area (Å²) < 4.78 is 2.20. The van der Waals surface area contributed by atoms with Crippen molar-refractivity contribution >= 4 is 16.6 Å². The molecule has 164 valence electrons. The monoisotopic (exact) mass is 426 g/mol. The minimum absolute atomic E-state index is 0.672. The number of H-pyrrole nitrogens is 1. The molecule has 4 aromatic rings. The summed E-state index contributed by atoms with van der Waals surface area (Å²) in [6, 6.07) is 17.3. The van der Waals surface area contributed by atoms with E-state index in [2.05, 4.69) is 84.3 Å². The van der Waals surface area contributed by atoms with Crippen LogP contribution in [0.15, 0.2) is 54.7 Å². The third kappa shape index (κ3) is 3.39. The van der Waals surface area contributed by atoms with Gasteiger partial charge in [-0.15, -0.1) is 10.2 Å². The van der Waals surface area contributed by atoms with E-state index in [4.69, 9.17) is 0 Å². The molecule has 2 aromatic carbocycles. The molecule has 1 N–H and O–H groups in total. The van der Waals surface area contributed by atoms with Gasteiger partial charge in [0, 0.05) is 23.6 Å². The maximum absolute atomic E-state index is 4.42. The van der Waals surface area contributed by atoms with Gasteiger partial charge in [-0.1, -0.05) is 30.3 Å². The van der Waals surface area contributed by atoms with Crippen LogP contribution < -0.4 is 4.90 Å². The maximum atomic E-state index is 4.42. The fraction of sp³-hybridized carbons (Fsp3) is 0.385. The topological polar surface area (TPSA) is 53.0 Å². The molecule has 0 unspecified atom stereocenters. The van der Waals surface area contributed by atoms with Crippen molar-refractivity contribution in [2.45, 2.75) is 38.6 Å². The molecule has 0 radical (unpaired) electrons. The smallest absolute Gasteiger partial charge is 0.157 e. The van der Waals surface area contributed by atoms with Crippen molar-refractivity contribution in [2.24, 2.45) is 0 Å². The van der Waals surface area contributed by atoms with Gasteiger partial charge in [-0.3, -0.25) is 4.57 Å². The molecular weight excluding hydrogens is 396 g/mol. The van der Waals surface area contributed by atoms with Crippen molar-refractivity contribution in [1.29, 1.82) is 0 Å². The van der Waals surface area contributed by atoms with Crippen LogP contribution in [0.3, 0.4) is 0 Å². The summed E-state index contributed by atoms with van der Waals surface area (Å²) >= 11 is 0. The van der Waals surface area contributed by atoms with Crippen LogP contribution in [-0.2, 0) is 6.54 Å². The summed E-state index contributed by atoms with van der Waals surface area (Å²) in [6.45, 7) is 7.45. The zero-order valence-corrected chi connectivity index (χ0v) is 18.7. The lowest BCUT2D eigenvalue weighted by atomic mass is 9.89. The summed E-state index contributed by atoms with van der Waals surface area (Å²) in [5.74, 6) is 2.68. The molecule has 0 aliphatic carbocycles. The lowest BCUT2D eigenvalue weighted by Gasteiger charge is -2.34. The number of benzene rings is 2. The number of likely N-dealkylation sites (tertiary alicyclic amines) is 1. The Morgan fingerprint density at radius 1 is 0.938 bits per heavy atom. The highest BCUT2D eigenvalue weighted by Crippen LogP contribution is 2.34. The van der Waals surface area contributed by atoms with E-state index >= 15 is 0 Å². The minimum atomic E-state index is 0.672. The number of hydrogen-bond donors (Lipinski definition) is 1. The van der Waals surface area contributed by atoms with E-state index in [1.54, 1.807) is 0 Å². The van der Waals surface area contributed by atoms with Crippen molar-refractivity contribution in [2.75, 3.05) is 31.1 Å². The zero-order valence-electron chi connectivity index (χ0n) is 18.7. The van der Waals surface area contributed by atoms with Crippen LogP contribution in [0.5, 0.6) is 0 Å². The molecule has 0 amide bonds. The molecule has 0 spiro atoms. The molecule has 6 rings (SSSR count). The summed E-state index contributed by atoms with van der Waals surface area (Å²) in [6.07, 6.45) is 5.89. The van der Waals surface area contributed by atoms with Gasteiger partial charge >= 0.3 is 0 Å². The Bertz CT molecular complexity index is 1230. The molecule has 2 aliphatic rings. The number of aryl methyl sites for hydroxylation is 1. The van der Waals surface area contributed by atoms with Crippen molar-refractivity contribution in [3.05, 3.63) is 71.9 Å². The number of aromatic amines is 1. The summed E-state index contributed by atoms with van der Waals surface area (Å²) in [7, 11) is 0. The van der Waals surface area contributed by atoms with E-state index in [0.29, 0.717) is 5.92 Å². The summed E-state index contributed by atoms with van der Waals surface area (Å²) in [5.41, 5.74) is 5.26. The quantitative estimate of drug-likeness (QED) is 0.505. The van der Waals surface area contributed by atoms with Gasteiger partial charge in [0.2, 0.25) is 0 Å². The van der Waals surface area contributed by atoms with E-state index < -0.39 is 0 Å². The average Bonchev–Trinajstić information content (AvgIpc) is 3.43. The standard InChI is InChI=1S/C26H30N6/c1-19-28-29-26-18-31(24-9-4-5-10-25(24)32(19)26)14-6-13-30-15-11-20(12-16-30)22-17-27-23-8-3-2-7-21(22)23/h2-5,7-10,17,20,27H,6,11-16,18H2,1H3. The molecule has 32 heavy (non-hydrogen) atoms. The number of para-hydroxylation sites is 3. The molecule has 6 nitrogen and oxygen atoms in total. The normalized spacial score (nSPS) is 17.0. The van der Waals surface area contributed by atoms with Crippen LogP contribution in [-0.4, -0.2) is 50.8 Å². The van der Waals surface area contributed by atoms with Gasteiger partial charge in [-0.2, -0.15) is 0 Å². The Kier molecular flexibility index (Phi) is 4.95. The number of hydrogen-bond acceptors (Lipinski definition) is 4. The average molecular weight is 427 g/mol. The molecule has 2 aliphatic heterocycles. The fourth-order valence-corrected chi connectivity index (χ4v) is 5.58. The highest BCUT2D eigenvalue weighted by Gasteiger charge is 2.25. The maximum Gasteiger partial charge on any atom is 0.157 e. The molecule has 0 atom stereocenters. The minimum Gasteiger partial charge on any atom is -0.362 e. The first-order valence-electron chi connectivity index (χ1n) is 11.8. The van der Waals surface area contributed by atoms with Gasteiger partial charge < -0.3 is 14.8 Å². The second-order valence-electron chi connectivity index (χ2n) is 9.17. The van der Waals surface area contributed by atoms with Gasteiger partial charge in [-0.25, -0.2) is 0 Å². The first-order valence-corrected chi connectivity index (χ1v) is 11.8. The number of rotatable bonds is 5. The molecule has 4 heterocycles. The SMILES string of the molecule is Cc1nnc2n1-c1ccccc1N(CCCN1CCC(c3c[nH]c4ccccc34)CC1)C2. The van der Waals surface area contributed by atoms with E-state index in [9.17, 15) is 0 Å². The van der Waals surface area contributed by atoms with E-state index in [1.165, 1.54) is 60.2 Å². The van der Waals surface area contributed by atoms with Crippen LogP contribution in [0.1, 0.15) is 42.4 Å². The lowest BCUT2D eigenvalue weighted by Crippen LogP contribution is -2.36. The van der Waals surface area contributed by atoms with Gasteiger partial charge in [-0.05, 0) is 75.5 Å². The highest BCUT2D eigenvalue weighted by atomic mass is 15.3. The van der Waals surface area contributed by atoms with Crippen molar-refractivity contribution < 1.29 is 0 Å². The number of fused-ring (bicyclic) bond motifs is 4. The highest BCUT2D eigenvalue weighted by molar-refractivity contribution is 5.83. The van der Waals surface area contributed by atoms with E-state index in [-0.39, 0.29) is 0 Å². The predicted molar refractivity (Wildman–Crippen MR) is 128 cm³/mol. The summed E-state index contributed by atoms with van der Waals surface area (Å²) in [4.78, 5) is 8.57. The largest absolute Gasteiger partial charge is 0.362 e. The number of nitrogens with one attached hydrogen (secondary N) is 1. The van der Waals surface area contributed by atoms with E-state index in [1.807, 2.05) is 6.92 Å². The molecule has 6 heteroatoms. The third-order valence-corrected chi connectivity index (χ3v) is 7.24. The second kappa shape index (κ2) is 8.10. The van der Waals surface area contributed by atoms with Crippen molar-refractivity contribution in [1.82, 2.24) is 24.6 Å². The van der Waals surface area contributed by atoms with Gasteiger partial charge in [0.05, 0.1) is 17.9 Å².